The molecule has 1 unspecified atom stereocenters. The zero-order valence-corrected chi connectivity index (χ0v) is 12.9. The first-order chi connectivity index (χ1) is 8.63. The average molecular weight is 333 g/mol. The molecular formula is C13H17BrO3S. The normalized spacial score (nSPS) is 11.9. The fourth-order valence-corrected chi connectivity index (χ4v) is 2.40. The summed E-state index contributed by atoms with van der Waals surface area (Å²) in [4.78, 5) is 11.2. The van der Waals surface area contributed by atoms with Crippen LogP contribution in [0.2, 0.25) is 0 Å². The van der Waals surface area contributed by atoms with E-state index in [2.05, 4.69) is 20.7 Å². The summed E-state index contributed by atoms with van der Waals surface area (Å²) in [6.07, 6.45) is 0. The third-order valence-electron chi connectivity index (χ3n) is 2.28. The van der Waals surface area contributed by atoms with Crippen molar-refractivity contribution in [3.63, 3.8) is 0 Å². The van der Waals surface area contributed by atoms with Crippen LogP contribution in [0.5, 0.6) is 5.75 Å². The summed E-state index contributed by atoms with van der Waals surface area (Å²) in [5, 5.41) is 0. The number of hydrogen-bond donors (Lipinski definition) is 0. The predicted molar refractivity (Wildman–Crippen MR) is 78.1 cm³/mol. The van der Waals surface area contributed by atoms with Crippen LogP contribution < -0.4 is 4.74 Å². The first-order valence-electron chi connectivity index (χ1n) is 5.67. The molecule has 0 aliphatic heterocycles. The maximum atomic E-state index is 11.2. The number of carbonyl (C=O) groups excluding carboxylic acids is 1. The average Bonchev–Trinajstić information content (AvgIpc) is 2.39. The van der Waals surface area contributed by atoms with Gasteiger partial charge in [-0.1, -0.05) is 22.9 Å². The van der Waals surface area contributed by atoms with Crippen LogP contribution >= 0.6 is 27.7 Å². The van der Waals surface area contributed by atoms with E-state index >= 15 is 0 Å². The Morgan fingerprint density at radius 3 is 2.67 bits per heavy atom. The highest BCUT2D eigenvalue weighted by Gasteiger charge is 2.12. The van der Waals surface area contributed by atoms with Crippen LogP contribution in [0.3, 0.4) is 0 Å². The Labute approximate surface area is 120 Å². The van der Waals surface area contributed by atoms with Gasteiger partial charge in [0.15, 0.2) is 0 Å². The lowest BCUT2D eigenvalue weighted by molar-refractivity contribution is -0.143. The number of ether oxygens (including phenoxy) is 2. The minimum absolute atomic E-state index is 0.0623. The fraction of sp³-hybridized carbons (Fsp3) is 0.462. The van der Waals surface area contributed by atoms with E-state index in [-0.39, 0.29) is 11.9 Å². The van der Waals surface area contributed by atoms with Gasteiger partial charge in [0.25, 0.3) is 0 Å². The molecule has 0 fully saturated rings. The summed E-state index contributed by atoms with van der Waals surface area (Å²) in [5.74, 6) is 2.26. The number of rotatable bonds is 7. The molecule has 1 aromatic carbocycles. The van der Waals surface area contributed by atoms with Gasteiger partial charge in [-0.05, 0) is 24.3 Å². The summed E-state index contributed by atoms with van der Waals surface area (Å²) in [7, 11) is 1.42. The molecule has 5 heteroatoms. The van der Waals surface area contributed by atoms with Crippen molar-refractivity contribution in [1.82, 2.24) is 0 Å². The van der Waals surface area contributed by atoms with E-state index in [4.69, 9.17) is 4.74 Å². The third-order valence-corrected chi connectivity index (χ3v) is 4.00. The van der Waals surface area contributed by atoms with E-state index in [1.165, 1.54) is 7.11 Å². The van der Waals surface area contributed by atoms with Crippen LogP contribution in [-0.2, 0) is 9.53 Å². The zero-order chi connectivity index (χ0) is 13.4. The van der Waals surface area contributed by atoms with Gasteiger partial charge in [0.05, 0.1) is 19.6 Å². The van der Waals surface area contributed by atoms with Crippen molar-refractivity contribution < 1.29 is 14.3 Å². The van der Waals surface area contributed by atoms with E-state index in [1.807, 2.05) is 31.2 Å². The second kappa shape index (κ2) is 8.43. The maximum Gasteiger partial charge on any atom is 0.309 e. The Morgan fingerprint density at radius 1 is 1.39 bits per heavy atom. The van der Waals surface area contributed by atoms with Gasteiger partial charge < -0.3 is 9.47 Å². The molecule has 1 atom stereocenters. The fourth-order valence-electron chi connectivity index (χ4n) is 1.28. The van der Waals surface area contributed by atoms with Crippen LogP contribution in [0.1, 0.15) is 6.92 Å². The van der Waals surface area contributed by atoms with Crippen LogP contribution in [-0.4, -0.2) is 31.2 Å². The molecule has 0 aliphatic carbocycles. The first kappa shape index (κ1) is 15.4. The largest absolute Gasteiger partial charge is 0.493 e. The van der Waals surface area contributed by atoms with Gasteiger partial charge in [-0.25, -0.2) is 0 Å². The lowest BCUT2D eigenvalue weighted by Crippen LogP contribution is -2.15. The lowest BCUT2D eigenvalue weighted by atomic mass is 10.2. The molecule has 0 spiro atoms. The van der Waals surface area contributed by atoms with Crippen molar-refractivity contribution in [1.29, 1.82) is 0 Å². The van der Waals surface area contributed by atoms with Crippen LogP contribution in [0.25, 0.3) is 0 Å². The van der Waals surface area contributed by atoms with Crippen molar-refractivity contribution in [3.05, 3.63) is 28.7 Å². The number of methoxy groups -OCH3 is 1. The van der Waals surface area contributed by atoms with E-state index in [0.717, 1.165) is 21.7 Å². The highest BCUT2D eigenvalue weighted by molar-refractivity contribution is 9.10. The Bertz CT molecular complexity index is 367. The molecule has 0 bridgehead atoms. The van der Waals surface area contributed by atoms with E-state index in [1.54, 1.807) is 11.8 Å². The Morgan fingerprint density at radius 2 is 2.06 bits per heavy atom. The highest BCUT2D eigenvalue weighted by Crippen LogP contribution is 2.16. The maximum absolute atomic E-state index is 11.2. The molecule has 0 aromatic heterocycles. The van der Waals surface area contributed by atoms with Crippen molar-refractivity contribution >= 4 is 33.7 Å². The monoisotopic (exact) mass is 332 g/mol. The van der Waals surface area contributed by atoms with Gasteiger partial charge in [-0.15, -0.1) is 0 Å². The smallest absolute Gasteiger partial charge is 0.309 e. The number of thioether (sulfide) groups is 1. The topological polar surface area (TPSA) is 35.5 Å². The number of esters is 1. The van der Waals surface area contributed by atoms with E-state index < -0.39 is 0 Å². The van der Waals surface area contributed by atoms with Gasteiger partial charge in [0.1, 0.15) is 5.75 Å². The van der Waals surface area contributed by atoms with E-state index in [0.29, 0.717) is 6.61 Å². The quantitative estimate of drug-likeness (QED) is 0.566. The molecule has 18 heavy (non-hydrogen) atoms. The summed E-state index contributed by atoms with van der Waals surface area (Å²) >= 11 is 5.06. The van der Waals surface area contributed by atoms with Crippen molar-refractivity contribution in [2.45, 2.75) is 6.92 Å². The summed E-state index contributed by atoms with van der Waals surface area (Å²) in [6, 6.07) is 7.74. The molecule has 100 valence electrons. The van der Waals surface area contributed by atoms with Crippen molar-refractivity contribution in [2.75, 3.05) is 25.2 Å². The Hall–Kier alpha value is -0.680. The molecule has 0 N–H and O–H groups in total. The molecular weight excluding hydrogens is 316 g/mol. The Balaban J connectivity index is 2.12. The van der Waals surface area contributed by atoms with E-state index in [9.17, 15) is 4.79 Å². The third kappa shape index (κ3) is 5.78. The van der Waals surface area contributed by atoms with Gasteiger partial charge in [-0.2, -0.15) is 11.8 Å². The van der Waals surface area contributed by atoms with Gasteiger partial charge >= 0.3 is 5.97 Å². The van der Waals surface area contributed by atoms with Gasteiger partial charge in [0, 0.05) is 16.0 Å². The molecule has 0 radical (unpaired) electrons. The summed E-state index contributed by atoms with van der Waals surface area (Å²) in [6.45, 7) is 2.51. The highest BCUT2D eigenvalue weighted by atomic mass is 79.9. The van der Waals surface area contributed by atoms with Gasteiger partial charge in [-0.3, -0.25) is 4.79 Å². The number of hydrogen-bond acceptors (Lipinski definition) is 4. The molecule has 0 amide bonds. The minimum Gasteiger partial charge on any atom is -0.493 e. The van der Waals surface area contributed by atoms with Crippen LogP contribution in [0.15, 0.2) is 28.7 Å². The molecule has 3 nitrogen and oxygen atoms in total. The number of benzene rings is 1. The molecule has 1 aromatic rings. The second-order valence-corrected chi connectivity index (χ2v) is 5.87. The molecule has 0 heterocycles. The van der Waals surface area contributed by atoms with Gasteiger partial charge in [0.2, 0.25) is 0 Å². The predicted octanol–water partition coefficient (Wildman–Crippen LogP) is 3.37. The minimum atomic E-state index is -0.156. The molecule has 1 rings (SSSR count). The lowest BCUT2D eigenvalue weighted by Gasteiger charge is -2.09. The number of halogens is 1. The summed E-state index contributed by atoms with van der Waals surface area (Å²) < 4.78 is 11.3. The Kier molecular flexibility index (Phi) is 7.20. The standard InChI is InChI=1S/C13H17BrO3S/c1-10(13(15)16-2)9-18-8-7-17-12-5-3-11(14)4-6-12/h3-6,10H,7-9H2,1-2H3. The van der Waals surface area contributed by atoms with Crippen molar-refractivity contribution in [3.8, 4) is 5.75 Å². The van der Waals surface area contributed by atoms with Crippen LogP contribution in [0, 0.1) is 5.92 Å². The van der Waals surface area contributed by atoms with Crippen LogP contribution in [0.4, 0.5) is 0 Å². The molecule has 0 saturated carbocycles. The summed E-state index contributed by atoms with van der Waals surface area (Å²) in [5.41, 5.74) is 0. The zero-order valence-electron chi connectivity index (χ0n) is 10.5. The number of carbonyl (C=O) groups is 1. The SMILES string of the molecule is COC(=O)C(C)CSCCOc1ccc(Br)cc1. The first-order valence-corrected chi connectivity index (χ1v) is 7.62. The molecule has 0 saturated heterocycles. The second-order valence-electron chi connectivity index (χ2n) is 3.80. The van der Waals surface area contributed by atoms with Crippen molar-refractivity contribution in [2.24, 2.45) is 5.92 Å². The molecule has 0 aliphatic rings.